The molecule has 1 unspecified atom stereocenters. The minimum Gasteiger partial charge on any atom is -0.248 e. The van der Waals surface area contributed by atoms with Crippen LogP contribution in [-0.2, 0) is 23.0 Å². The van der Waals surface area contributed by atoms with Crippen molar-refractivity contribution >= 4 is 10.0 Å². The van der Waals surface area contributed by atoms with E-state index in [2.05, 4.69) is 29.4 Å². The predicted molar refractivity (Wildman–Crippen MR) is 95.5 cm³/mol. The fourth-order valence-electron chi connectivity index (χ4n) is 2.69. The summed E-state index contributed by atoms with van der Waals surface area (Å²) in [6, 6.07) is 16.8. The maximum Gasteiger partial charge on any atom is 0.238 e. The van der Waals surface area contributed by atoms with Crippen molar-refractivity contribution in [3.8, 4) is 0 Å². The number of benzene rings is 2. The monoisotopic (exact) mass is 356 g/mol. The van der Waals surface area contributed by atoms with E-state index in [9.17, 15) is 8.42 Å². The Balaban J connectivity index is 1.65. The maximum absolute atomic E-state index is 11.3. The molecule has 0 aliphatic carbocycles. The fourth-order valence-corrected chi connectivity index (χ4v) is 3.21. The van der Waals surface area contributed by atoms with Crippen LogP contribution >= 0.6 is 0 Å². The fraction of sp³-hybridized carbons (Fsp3) is 0.222. The average molecular weight is 356 g/mol. The summed E-state index contributed by atoms with van der Waals surface area (Å²) in [6.45, 7) is 2.69. The van der Waals surface area contributed by atoms with E-state index in [1.165, 1.54) is 17.7 Å². The molecule has 2 N–H and O–H groups in total. The molecule has 0 aliphatic rings. The molecule has 0 saturated heterocycles. The summed E-state index contributed by atoms with van der Waals surface area (Å²) in [6.07, 6.45) is 2.74. The highest BCUT2D eigenvalue weighted by Gasteiger charge is 2.10. The molecule has 0 radical (unpaired) electrons. The van der Waals surface area contributed by atoms with Crippen molar-refractivity contribution in [1.82, 2.24) is 15.0 Å². The Hall–Kier alpha value is -2.51. The van der Waals surface area contributed by atoms with E-state index in [0.717, 1.165) is 17.7 Å². The van der Waals surface area contributed by atoms with Crippen LogP contribution < -0.4 is 5.14 Å². The highest BCUT2D eigenvalue weighted by molar-refractivity contribution is 7.89. The van der Waals surface area contributed by atoms with Gasteiger partial charge in [-0.05, 0) is 35.6 Å². The molecule has 3 aromatic rings. The van der Waals surface area contributed by atoms with Gasteiger partial charge in [0.15, 0.2) is 0 Å². The van der Waals surface area contributed by atoms with Crippen molar-refractivity contribution < 1.29 is 8.42 Å². The smallest absolute Gasteiger partial charge is 0.238 e. The highest BCUT2D eigenvalue weighted by Crippen LogP contribution is 2.19. The molecule has 3 rings (SSSR count). The Kier molecular flexibility index (Phi) is 4.96. The van der Waals surface area contributed by atoms with Crippen LogP contribution in [0, 0.1) is 0 Å². The number of rotatable bonds is 6. The largest absolute Gasteiger partial charge is 0.248 e. The van der Waals surface area contributed by atoms with Crippen LogP contribution in [0.15, 0.2) is 65.7 Å². The van der Waals surface area contributed by atoms with Crippen LogP contribution in [0.2, 0.25) is 0 Å². The zero-order valence-corrected chi connectivity index (χ0v) is 14.7. The first-order valence-corrected chi connectivity index (χ1v) is 9.52. The molecule has 7 heteroatoms. The van der Waals surface area contributed by atoms with E-state index in [1.807, 2.05) is 24.4 Å². The lowest BCUT2D eigenvalue weighted by molar-refractivity contribution is 0.597. The summed E-state index contributed by atoms with van der Waals surface area (Å²) in [5.74, 6) is 0.361. The van der Waals surface area contributed by atoms with E-state index < -0.39 is 10.0 Å². The lowest BCUT2D eigenvalue weighted by Crippen LogP contribution is -2.12. The topological polar surface area (TPSA) is 90.9 Å². The van der Waals surface area contributed by atoms with Crippen molar-refractivity contribution in [2.45, 2.75) is 30.7 Å². The van der Waals surface area contributed by atoms with Gasteiger partial charge in [-0.2, -0.15) is 0 Å². The van der Waals surface area contributed by atoms with Crippen LogP contribution in [0.4, 0.5) is 0 Å². The number of nitrogens with zero attached hydrogens (tertiary/aromatic N) is 3. The maximum atomic E-state index is 11.3. The first kappa shape index (κ1) is 17.3. The molecule has 0 fully saturated rings. The van der Waals surface area contributed by atoms with Gasteiger partial charge in [-0.25, -0.2) is 18.2 Å². The number of sulfonamides is 1. The van der Waals surface area contributed by atoms with Gasteiger partial charge in [-0.3, -0.25) is 0 Å². The molecule has 2 aromatic carbocycles. The number of nitrogens with two attached hydrogens (primary N) is 1. The molecular formula is C18H20N4O2S. The second kappa shape index (κ2) is 7.16. The van der Waals surface area contributed by atoms with Gasteiger partial charge in [0.25, 0.3) is 0 Å². The Bertz CT molecular complexity index is 935. The van der Waals surface area contributed by atoms with E-state index in [0.29, 0.717) is 12.5 Å². The Morgan fingerprint density at radius 3 is 2.40 bits per heavy atom. The Morgan fingerprint density at radius 2 is 1.76 bits per heavy atom. The van der Waals surface area contributed by atoms with Crippen LogP contribution in [0.25, 0.3) is 0 Å². The van der Waals surface area contributed by atoms with Gasteiger partial charge in [-0.15, -0.1) is 5.10 Å². The summed E-state index contributed by atoms with van der Waals surface area (Å²) in [5.41, 5.74) is 3.13. The van der Waals surface area contributed by atoms with Gasteiger partial charge >= 0.3 is 0 Å². The van der Waals surface area contributed by atoms with Gasteiger partial charge in [0.1, 0.15) is 0 Å². The quantitative estimate of drug-likeness (QED) is 0.734. The molecule has 25 heavy (non-hydrogen) atoms. The molecule has 6 nitrogen and oxygen atoms in total. The van der Waals surface area contributed by atoms with E-state index in [4.69, 9.17) is 5.14 Å². The zero-order valence-electron chi connectivity index (χ0n) is 13.9. The molecule has 1 heterocycles. The normalized spacial score (nSPS) is 12.9. The Morgan fingerprint density at radius 1 is 1.08 bits per heavy atom. The van der Waals surface area contributed by atoms with Crippen molar-refractivity contribution in [1.29, 1.82) is 0 Å². The third-order valence-electron chi connectivity index (χ3n) is 4.07. The summed E-state index contributed by atoms with van der Waals surface area (Å²) in [4.78, 5) is 0.104. The minimum absolute atomic E-state index is 0.104. The van der Waals surface area contributed by atoms with E-state index >= 15 is 0 Å². The molecule has 0 bridgehead atoms. The van der Waals surface area contributed by atoms with Crippen LogP contribution in [-0.4, -0.2) is 23.4 Å². The third kappa shape index (κ3) is 4.52. The predicted octanol–water partition coefficient (Wildman–Crippen LogP) is 2.32. The van der Waals surface area contributed by atoms with Crippen molar-refractivity contribution in [3.63, 3.8) is 0 Å². The summed E-state index contributed by atoms with van der Waals surface area (Å²) in [5, 5.41) is 13.5. The molecule has 0 spiro atoms. The number of hydrogen-bond donors (Lipinski definition) is 1. The number of hydrogen-bond acceptors (Lipinski definition) is 4. The highest BCUT2D eigenvalue weighted by atomic mass is 32.2. The van der Waals surface area contributed by atoms with Gasteiger partial charge in [0.2, 0.25) is 10.0 Å². The summed E-state index contributed by atoms with van der Waals surface area (Å²) in [7, 11) is -3.66. The molecule has 1 atom stereocenters. The van der Waals surface area contributed by atoms with Crippen LogP contribution in [0.1, 0.15) is 29.7 Å². The van der Waals surface area contributed by atoms with Gasteiger partial charge in [-0.1, -0.05) is 54.6 Å². The molecule has 0 saturated carbocycles. The third-order valence-corrected chi connectivity index (χ3v) is 5.00. The molecule has 0 amide bonds. The van der Waals surface area contributed by atoms with Crippen molar-refractivity contribution in [3.05, 3.63) is 77.6 Å². The lowest BCUT2D eigenvalue weighted by atomic mass is 9.97. The Labute approximate surface area is 147 Å². The van der Waals surface area contributed by atoms with Gasteiger partial charge < -0.3 is 0 Å². The molecule has 130 valence electrons. The van der Waals surface area contributed by atoms with Gasteiger partial charge in [0.05, 0.1) is 17.1 Å². The van der Waals surface area contributed by atoms with Crippen molar-refractivity contribution in [2.24, 2.45) is 5.14 Å². The zero-order chi connectivity index (χ0) is 17.9. The van der Waals surface area contributed by atoms with Crippen molar-refractivity contribution in [2.75, 3.05) is 0 Å². The summed E-state index contributed by atoms with van der Waals surface area (Å²) >= 11 is 0. The van der Waals surface area contributed by atoms with Gasteiger partial charge in [0, 0.05) is 6.20 Å². The average Bonchev–Trinajstić information content (AvgIpc) is 3.02. The van der Waals surface area contributed by atoms with Crippen LogP contribution in [0.3, 0.4) is 0 Å². The SMILES string of the molecule is CC(Cc1cn(Cc2ccc(S(N)(=O)=O)cc2)nn1)c1ccccc1. The lowest BCUT2D eigenvalue weighted by Gasteiger charge is -2.09. The second-order valence-electron chi connectivity index (χ2n) is 6.11. The van der Waals surface area contributed by atoms with Crippen LogP contribution in [0.5, 0.6) is 0 Å². The first-order chi connectivity index (χ1) is 11.9. The summed E-state index contributed by atoms with van der Waals surface area (Å²) < 4.78 is 24.3. The van der Waals surface area contributed by atoms with E-state index in [1.54, 1.807) is 16.8 Å². The second-order valence-corrected chi connectivity index (χ2v) is 7.67. The molecule has 1 aromatic heterocycles. The minimum atomic E-state index is -3.66. The van der Waals surface area contributed by atoms with E-state index in [-0.39, 0.29) is 4.90 Å². The standard InChI is InChI=1S/C18H20N4O2S/c1-14(16-5-3-2-4-6-16)11-17-13-22(21-20-17)12-15-7-9-18(10-8-15)25(19,23)24/h2-10,13-14H,11-12H2,1H3,(H2,19,23,24). The first-order valence-electron chi connectivity index (χ1n) is 7.97. The molecule has 0 aliphatic heterocycles. The molecular weight excluding hydrogens is 336 g/mol. The number of primary sulfonamides is 1. The number of aromatic nitrogens is 3.